The van der Waals surface area contributed by atoms with Crippen molar-refractivity contribution >= 4 is 45.2 Å². The molecule has 0 saturated heterocycles. The molecule has 0 aliphatic carbocycles. The summed E-state index contributed by atoms with van der Waals surface area (Å²) in [4.78, 5) is 18.8. The lowest BCUT2D eigenvalue weighted by molar-refractivity contribution is -0.118. The number of rotatable bonds is 5. The summed E-state index contributed by atoms with van der Waals surface area (Å²) in [5.74, 6) is 1.34. The van der Waals surface area contributed by atoms with Gasteiger partial charge in [-0.2, -0.15) is 0 Å². The van der Waals surface area contributed by atoms with Crippen LogP contribution in [0, 0.1) is 0 Å². The molecule has 4 nitrogen and oxygen atoms in total. The second-order valence-corrected chi connectivity index (χ2v) is 8.11. The van der Waals surface area contributed by atoms with Crippen molar-refractivity contribution in [3.63, 3.8) is 0 Å². The van der Waals surface area contributed by atoms with Crippen molar-refractivity contribution < 1.29 is 4.79 Å². The van der Waals surface area contributed by atoms with Gasteiger partial charge in [-0.1, -0.05) is 53.9 Å². The number of nitrogens with zero attached hydrogens (tertiary/aromatic N) is 2. The first kappa shape index (κ1) is 17.9. The average molecular weight is 372 g/mol. The third kappa shape index (κ3) is 5.03. The monoisotopic (exact) mass is 371 g/mol. The number of amides is 1. The van der Waals surface area contributed by atoms with Crippen molar-refractivity contribution in [1.29, 1.82) is 0 Å². The van der Waals surface area contributed by atoms with Crippen LogP contribution >= 0.6 is 23.5 Å². The molecular weight excluding hydrogens is 350 g/mol. The summed E-state index contributed by atoms with van der Waals surface area (Å²) in [6.45, 7) is 0.551. The maximum absolute atomic E-state index is 12.1. The maximum atomic E-state index is 12.1. The predicted octanol–water partition coefficient (Wildman–Crippen LogP) is 4.04. The van der Waals surface area contributed by atoms with Gasteiger partial charge in [-0.25, -0.2) is 4.99 Å². The van der Waals surface area contributed by atoms with E-state index in [-0.39, 0.29) is 5.91 Å². The molecule has 0 spiro atoms. The predicted molar refractivity (Wildman–Crippen MR) is 110 cm³/mol. The van der Waals surface area contributed by atoms with Crippen molar-refractivity contribution in [3.05, 3.63) is 59.7 Å². The van der Waals surface area contributed by atoms with Crippen molar-refractivity contribution in [2.75, 3.05) is 24.7 Å². The van der Waals surface area contributed by atoms with Crippen LogP contribution in [0.3, 0.4) is 0 Å². The van der Waals surface area contributed by atoms with Gasteiger partial charge in [0.1, 0.15) is 4.38 Å². The van der Waals surface area contributed by atoms with Crippen LogP contribution in [0.15, 0.2) is 53.5 Å². The SMILES string of the molecule is CN(C)c1ccc(CNC(=O)CSC2=Nc3ccccc3CS2)cc1. The van der Waals surface area contributed by atoms with Gasteiger partial charge >= 0.3 is 0 Å². The molecular formula is C19H21N3OS2. The van der Waals surface area contributed by atoms with Gasteiger partial charge in [0, 0.05) is 32.1 Å². The van der Waals surface area contributed by atoms with Gasteiger partial charge in [0.2, 0.25) is 5.91 Å². The number of carbonyl (C=O) groups excluding carboxylic acids is 1. The molecule has 1 amide bonds. The largest absolute Gasteiger partial charge is 0.378 e. The number of carbonyl (C=O) groups is 1. The zero-order valence-electron chi connectivity index (χ0n) is 14.4. The number of para-hydroxylation sites is 1. The summed E-state index contributed by atoms with van der Waals surface area (Å²) in [7, 11) is 4.02. The standard InChI is InChI=1S/C19H21N3OS2/c1-22(2)16-9-7-14(8-10-16)11-20-18(23)13-25-19-21-17-6-4-3-5-15(17)12-24-19/h3-10H,11-13H2,1-2H3,(H,20,23). The van der Waals surface area contributed by atoms with Gasteiger partial charge in [0.15, 0.2) is 0 Å². The Kier molecular flexibility index (Phi) is 6.04. The first-order valence-corrected chi connectivity index (χ1v) is 10.0. The third-order valence-electron chi connectivity index (χ3n) is 3.82. The zero-order valence-corrected chi connectivity index (χ0v) is 16.0. The van der Waals surface area contributed by atoms with Gasteiger partial charge in [-0.15, -0.1) is 0 Å². The number of nitrogens with one attached hydrogen (secondary N) is 1. The van der Waals surface area contributed by atoms with E-state index in [4.69, 9.17) is 0 Å². The molecule has 0 fully saturated rings. The van der Waals surface area contributed by atoms with E-state index in [1.165, 1.54) is 17.3 Å². The van der Waals surface area contributed by atoms with Crippen LogP contribution in [0.1, 0.15) is 11.1 Å². The highest BCUT2D eigenvalue weighted by Gasteiger charge is 2.13. The minimum Gasteiger partial charge on any atom is -0.378 e. The molecule has 0 aromatic heterocycles. The highest BCUT2D eigenvalue weighted by Crippen LogP contribution is 2.34. The summed E-state index contributed by atoms with van der Waals surface area (Å²) in [5, 5.41) is 2.97. The summed E-state index contributed by atoms with van der Waals surface area (Å²) in [6.07, 6.45) is 0. The van der Waals surface area contributed by atoms with E-state index in [0.717, 1.165) is 27.1 Å². The molecule has 6 heteroatoms. The van der Waals surface area contributed by atoms with E-state index >= 15 is 0 Å². The van der Waals surface area contributed by atoms with Gasteiger partial charge in [-0.3, -0.25) is 4.79 Å². The Labute approximate surface area is 157 Å². The Balaban J connectivity index is 1.46. The molecule has 0 saturated carbocycles. The summed E-state index contributed by atoms with van der Waals surface area (Å²) >= 11 is 3.20. The van der Waals surface area contributed by atoms with Crippen molar-refractivity contribution in [3.8, 4) is 0 Å². The highest BCUT2D eigenvalue weighted by atomic mass is 32.2. The van der Waals surface area contributed by atoms with Gasteiger partial charge in [0.25, 0.3) is 0 Å². The van der Waals surface area contributed by atoms with E-state index < -0.39 is 0 Å². The number of hydrogen-bond acceptors (Lipinski definition) is 5. The summed E-state index contributed by atoms with van der Waals surface area (Å²) in [5.41, 5.74) is 4.52. The normalized spacial score (nSPS) is 13.0. The van der Waals surface area contributed by atoms with Crippen molar-refractivity contribution in [2.45, 2.75) is 12.3 Å². The molecule has 2 aromatic carbocycles. The molecule has 0 radical (unpaired) electrons. The summed E-state index contributed by atoms with van der Waals surface area (Å²) in [6, 6.07) is 16.3. The molecule has 1 aliphatic heterocycles. The number of benzene rings is 2. The second kappa shape index (κ2) is 8.45. The number of thioether (sulfide) groups is 2. The number of fused-ring (bicyclic) bond motifs is 1. The van der Waals surface area contributed by atoms with Crippen molar-refractivity contribution in [1.82, 2.24) is 5.32 Å². The molecule has 0 unspecified atom stereocenters. The molecule has 0 bridgehead atoms. The first-order valence-electron chi connectivity index (χ1n) is 8.07. The third-order valence-corrected chi connectivity index (χ3v) is 6.07. The molecule has 1 aliphatic rings. The fourth-order valence-electron chi connectivity index (χ4n) is 2.38. The molecule has 0 atom stereocenters. The Bertz CT molecular complexity index is 772. The number of anilines is 1. The zero-order chi connectivity index (χ0) is 17.6. The maximum Gasteiger partial charge on any atom is 0.230 e. The van der Waals surface area contributed by atoms with Crippen molar-refractivity contribution in [2.24, 2.45) is 4.99 Å². The highest BCUT2D eigenvalue weighted by molar-refractivity contribution is 8.38. The minimum absolute atomic E-state index is 0.0313. The Morgan fingerprint density at radius 3 is 2.72 bits per heavy atom. The van der Waals surface area contributed by atoms with Crippen LogP contribution in [0.4, 0.5) is 11.4 Å². The first-order chi connectivity index (χ1) is 12.1. The smallest absolute Gasteiger partial charge is 0.230 e. The van der Waals surface area contributed by atoms with Crippen LogP contribution in [-0.4, -0.2) is 30.1 Å². The van der Waals surface area contributed by atoms with Crippen LogP contribution in [0.5, 0.6) is 0 Å². The van der Waals surface area contributed by atoms with E-state index in [9.17, 15) is 4.79 Å². The fraction of sp³-hybridized carbons (Fsp3) is 0.263. The molecule has 25 heavy (non-hydrogen) atoms. The molecule has 1 heterocycles. The lowest BCUT2D eigenvalue weighted by Gasteiger charge is -2.14. The topological polar surface area (TPSA) is 44.7 Å². The lowest BCUT2D eigenvalue weighted by atomic mass is 10.2. The fourth-order valence-corrected chi connectivity index (χ4v) is 4.27. The van der Waals surface area contributed by atoms with Gasteiger partial charge in [-0.05, 0) is 29.3 Å². The molecule has 3 rings (SSSR count). The molecule has 1 N–H and O–H groups in total. The Hall–Kier alpha value is -1.92. The number of hydrogen-bond donors (Lipinski definition) is 1. The quantitative estimate of drug-likeness (QED) is 0.862. The Morgan fingerprint density at radius 1 is 1.20 bits per heavy atom. The molecule has 2 aromatic rings. The minimum atomic E-state index is 0.0313. The Morgan fingerprint density at radius 2 is 1.96 bits per heavy atom. The second-order valence-electron chi connectivity index (χ2n) is 5.92. The van der Waals surface area contributed by atoms with Gasteiger partial charge < -0.3 is 10.2 Å². The van der Waals surface area contributed by atoms with Crippen LogP contribution < -0.4 is 10.2 Å². The van der Waals surface area contributed by atoms with Crippen LogP contribution in [0.25, 0.3) is 0 Å². The van der Waals surface area contributed by atoms with E-state index in [0.29, 0.717) is 12.3 Å². The van der Waals surface area contributed by atoms with E-state index in [1.54, 1.807) is 11.8 Å². The van der Waals surface area contributed by atoms with Crippen LogP contribution in [-0.2, 0) is 17.1 Å². The lowest BCUT2D eigenvalue weighted by Crippen LogP contribution is -2.25. The van der Waals surface area contributed by atoms with Crippen LogP contribution in [0.2, 0.25) is 0 Å². The van der Waals surface area contributed by atoms with E-state index in [2.05, 4.69) is 33.4 Å². The summed E-state index contributed by atoms with van der Waals surface area (Å²) < 4.78 is 0.962. The van der Waals surface area contributed by atoms with E-state index in [1.807, 2.05) is 44.4 Å². The van der Waals surface area contributed by atoms with Gasteiger partial charge in [0.05, 0.1) is 11.4 Å². The molecule has 130 valence electrons. The number of aliphatic imine (C=N–C) groups is 1. The average Bonchev–Trinajstić information content (AvgIpc) is 2.65.